The van der Waals surface area contributed by atoms with Crippen LogP contribution in [-0.4, -0.2) is 36.6 Å². The molecule has 3 atom stereocenters. The summed E-state index contributed by atoms with van der Waals surface area (Å²) in [5.41, 5.74) is 0. The van der Waals surface area contributed by atoms with Crippen LogP contribution >= 0.6 is 0 Å². The van der Waals surface area contributed by atoms with E-state index >= 15 is 0 Å². The molecule has 2 aliphatic rings. The molecule has 1 N–H and O–H groups in total. The molecule has 0 aliphatic carbocycles. The minimum absolute atomic E-state index is 0.120. The molecule has 9 heavy (non-hydrogen) atoms. The van der Waals surface area contributed by atoms with Crippen molar-refractivity contribution < 1.29 is 14.6 Å². The molecule has 0 aromatic heterocycles. The van der Waals surface area contributed by atoms with Gasteiger partial charge in [-0.15, -0.1) is 0 Å². The lowest BCUT2D eigenvalue weighted by Crippen LogP contribution is -2.16. The molecule has 0 saturated carbocycles. The molecule has 0 bridgehead atoms. The number of aliphatic hydroxyl groups is 1. The van der Waals surface area contributed by atoms with E-state index in [1.807, 2.05) is 0 Å². The SMILES string of the molecule is OC(CC1CO1)C1CO1. The molecule has 52 valence electrons. The molecule has 0 aromatic rings. The van der Waals surface area contributed by atoms with Crippen LogP contribution in [-0.2, 0) is 9.47 Å². The van der Waals surface area contributed by atoms with Crippen LogP contribution in [0, 0.1) is 0 Å². The van der Waals surface area contributed by atoms with Crippen LogP contribution in [0.25, 0.3) is 0 Å². The second-order valence-corrected chi connectivity index (χ2v) is 2.63. The molecule has 2 aliphatic heterocycles. The normalized spacial score (nSPS) is 42.3. The van der Waals surface area contributed by atoms with Gasteiger partial charge in [-0.05, 0) is 0 Å². The van der Waals surface area contributed by atoms with E-state index in [0.717, 1.165) is 19.6 Å². The topological polar surface area (TPSA) is 45.3 Å². The van der Waals surface area contributed by atoms with E-state index in [0.29, 0.717) is 6.10 Å². The van der Waals surface area contributed by atoms with Crippen molar-refractivity contribution in [2.75, 3.05) is 13.2 Å². The van der Waals surface area contributed by atoms with Gasteiger partial charge in [-0.25, -0.2) is 0 Å². The maximum absolute atomic E-state index is 9.19. The van der Waals surface area contributed by atoms with Crippen LogP contribution in [0.15, 0.2) is 0 Å². The van der Waals surface area contributed by atoms with Crippen LogP contribution in [0.3, 0.4) is 0 Å². The molecule has 0 amide bonds. The molecule has 0 radical (unpaired) electrons. The molecule has 2 saturated heterocycles. The first kappa shape index (κ1) is 5.65. The van der Waals surface area contributed by atoms with E-state index < -0.39 is 0 Å². The second-order valence-electron chi connectivity index (χ2n) is 2.63. The van der Waals surface area contributed by atoms with E-state index in [9.17, 15) is 5.11 Å². The van der Waals surface area contributed by atoms with Crippen molar-refractivity contribution in [3.8, 4) is 0 Å². The van der Waals surface area contributed by atoms with Crippen LogP contribution in [0.4, 0.5) is 0 Å². The Bertz CT molecular complexity index is 107. The molecule has 2 heterocycles. The van der Waals surface area contributed by atoms with E-state index in [1.54, 1.807) is 0 Å². The number of hydrogen-bond donors (Lipinski definition) is 1. The molecular weight excluding hydrogens is 120 g/mol. The van der Waals surface area contributed by atoms with E-state index in [-0.39, 0.29) is 12.2 Å². The first-order chi connectivity index (χ1) is 4.36. The summed E-state index contributed by atoms with van der Waals surface area (Å²) in [5, 5.41) is 9.19. The minimum Gasteiger partial charge on any atom is -0.390 e. The van der Waals surface area contributed by atoms with Crippen molar-refractivity contribution in [2.24, 2.45) is 0 Å². The van der Waals surface area contributed by atoms with Crippen molar-refractivity contribution in [3.63, 3.8) is 0 Å². The molecule has 3 heteroatoms. The molecule has 0 spiro atoms. The fraction of sp³-hybridized carbons (Fsp3) is 1.00. The molecule has 3 unspecified atom stereocenters. The van der Waals surface area contributed by atoms with E-state index in [2.05, 4.69) is 0 Å². The maximum Gasteiger partial charge on any atom is 0.107 e. The van der Waals surface area contributed by atoms with Gasteiger partial charge in [0.1, 0.15) is 6.10 Å². The third-order valence-electron chi connectivity index (χ3n) is 1.70. The highest BCUT2D eigenvalue weighted by atomic mass is 16.6. The monoisotopic (exact) mass is 130 g/mol. The van der Waals surface area contributed by atoms with Gasteiger partial charge in [0.15, 0.2) is 0 Å². The van der Waals surface area contributed by atoms with E-state index in [1.165, 1.54) is 0 Å². The zero-order valence-corrected chi connectivity index (χ0v) is 5.12. The standard InChI is InChI=1S/C6H10O3/c7-5(6-3-9-6)1-4-2-8-4/h4-7H,1-3H2. The predicted octanol–water partition coefficient (Wildman–Crippen LogP) is -0.465. The first-order valence-corrected chi connectivity index (χ1v) is 3.27. The van der Waals surface area contributed by atoms with Gasteiger partial charge in [0.2, 0.25) is 0 Å². The summed E-state index contributed by atoms with van der Waals surface area (Å²) in [6.45, 7) is 1.55. The fourth-order valence-electron chi connectivity index (χ4n) is 0.903. The minimum atomic E-state index is -0.280. The smallest absolute Gasteiger partial charge is 0.107 e. The summed E-state index contributed by atoms with van der Waals surface area (Å²) >= 11 is 0. The van der Waals surface area contributed by atoms with Crippen molar-refractivity contribution in [1.82, 2.24) is 0 Å². The molecular formula is C6H10O3. The summed E-state index contributed by atoms with van der Waals surface area (Å²) in [7, 11) is 0. The Kier molecular flexibility index (Phi) is 1.22. The Morgan fingerprint density at radius 2 is 2.11 bits per heavy atom. The van der Waals surface area contributed by atoms with Gasteiger partial charge in [-0.2, -0.15) is 0 Å². The summed E-state index contributed by atoms with van der Waals surface area (Å²) in [4.78, 5) is 0. The summed E-state index contributed by atoms with van der Waals surface area (Å²) in [6.07, 6.45) is 0.917. The summed E-state index contributed by atoms with van der Waals surface area (Å²) in [6, 6.07) is 0. The fourth-order valence-corrected chi connectivity index (χ4v) is 0.903. The van der Waals surface area contributed by atoms with Gasteiger partial charge in [-0.3, -0.25) is 0 Å². The number of aliphatic hydroxyl groups excluding tert-OH is 1. The molecule has 3 nitrogen and oxygen atoms in total. The van der Waals surface area contributed by atoms with Crippen molar-refractivity contribution in [2.45, 2.75) is 24.7 Å². The third-order valence-corrected chi connectivity index (χ3v) is 1.70. The van der Waals surface area contributed by atoms with Crippen molar-refractivity contribution in [1.29, 1.82) is 0 Å². The van der Waals surface area contributed by atoms with E-state index in [4.69, 9.17) is 9.47 Å². The molecule has 0 aromatic carbocycles. The van der Waals surface area contributed by atoms with Crippen LogP contribution in [0.2, 0.25) is 0 Å². The van der Waals surface area contributed by atoms with Crippen LogP contribution in [0.5, 0.6) is 0 Å². The summed E-state index contributed by atoms with van der Waals surface area (Å²) in [5.74, 6) is 0. The van der Waals surface area contributed by atoms with Gasteiger partial charge >= 0.3 is 0 Å². The van der Waals surface area contributed by atoms with Gasteiger partial charge in [0, 0.05) is 6.42 Å². The van der Waals surface area contributed by atoms with Crippen LogP contribution < -0.4 is 0 Å². The number of hydrogen-bond acceptors (Lipinski definition) is 3. The Labute approximate surface area is 53.6 Å². The molecule has 2 fully saturated rings. The van der Waals surface area contributed by atoms with Crippen molar-refractivity contribution >= 4 is 0 Å². The Morgan fingerprint density at radius 1 is 1.44 bits per heavy atom. The van der Waals surface area contributed by atoms with Gasteiger partial charge < -0.3 is 14.6 Å². The maximum atomic E-state index is 9.19. The highest BCUT2D eigenvalue weighted by Gasteiger charge is 2.36. The third kappa shape index (κ3) is 1.41. The lowest BCUT2D eigenvalue weighted by atomic mass is 10.1. The lowest BCUT2D eigenvalue weighted by Gasteiger charge is -2.01. The average molecular weight is 130 g/mol. The lowest BCUT2D eigenvalue weighted by molar-refractivity contribution is 0.117. The average Bonchev–Trinajstić information content (AvgIpc) is 2.62. The number of epoxide rings is 2. The largest absolute Gasteiger partial charge is 0.390 e. The number of ether oxygens (including phenoxy) is 2. The zero-order valence-electron chi connectivity index (χ0n) is 5.12. The highest BCUT2D eigenvalue weighted by molar-refractivity contribution is 4.83. The Hall–Kier alpha value is -0.120. The Morgan fingerprint density at radius 3 is 2.56 bits per heavy atom. The number of rotatable bonds is 3. The summed E-state index contributed by atoms with van der Waals surface area (Å²) < 4.78 is 9.83. The molecule has 2 rings (SSSR count). The second kappa shape index (κ2) is 1.94. The van der Waals surface area contributed by atoms with Crippen LogP contribution in [0.1, 0.15) is 6.42 Å². The van der Waals surface area contributed by atoms with Gasteiger partial charge in [-0.1, -0.05) is 0 Å². The zero-order chi connectivity index (χ0) is 6.27. The van der Waals surface area contributed by atoms with Crippen molar-refractivity contribution in [3.05, 3.63) is 0 Å². The quantitative estimate of drug-likeness (QED) is 0.525. The van der Waals surface area contributed by atoms with Gasteiger partial charge in [0.05, 0.1) is 25.4 Å². The first-order valence-electron chi connectivity index (χ1n) is 3.27. The highest BCUT2D eigenvalue weighted by Crippen LogP contribution is 2.23. The van der Waals surface area contributed by atoms with Gasteiger partial charge in [0.25, 0.3) is 0 Å². The predicted molar refractivity (Wildman–Crippen MR) is 30.1 cm³/mol. The Balaban J connectivity index is 1.69.